The van der Waals surface area contributed by atoms with Crippen LogP contribution in [0.2, 0.25) is 10.0 Å². The van der Waals surface area contributed by atoms with Crippen LogP contribution in [0.3, 0.4) is 0 Å². The molecule has 1 N–H and O–H groups in total. The van der Waals surface area contributed by atoms with Crippen LogP contribution >= 0.6 is 23.2 Å². The highest BCUT2D eigenvalue weighted by atomic mass is 35.5. The average molecular weight is 355 g/mol. The first-order valence-electron chi connectivity index (χ1n) is 6.44. The Morgan fingerprint density at radius 2 is 1.87 bits per heavy atom. The van der Waals surface area contributed by atoms with Gasteiger partial charge in [-0.3, -0.25) is 9.59 Å². The number of amides is 1. The molecule has 0 bridgehead atoms. The summed E-state index contributed by atoms with van der Waals surface area (Å²) in [5.41, 5.74) is 0.333. The third-order valence-corrected chi connectivity index (χ3v) is 3.39. The summed E-state index contributed by atoms with van der Waals surface area (Å²) < 4.78 is 5.70. The third-order valence-electron chi connectivity index (χ3n) is 2.91. The molecule has 1 aromatic heterocycles. The highest BCUT2D eigenvalue weighted by Crippen LogP contribution is 2.12. The first-order chi connectivity index (χ1) is 10.9. The quantitative estimate of drug-likeness (QED) is 0.856. The van der Waals surface area contributed by atoms with Crippen LogP contribution in [0.4, 0.5) is 5.69 Å². The fraction of sp³-hybridized carbons (Fsp3) is 0.133. The predicted molar refractivity (Wildman–Crippen MR) is 87.1 cm³/mol. The molecular weight excluding hydrogens is 343 g/mol. The van der Waals surface area contributed by atoms with Gasteiger partial charge in [0.1, 0.15) is 11.6 Å². The number of benzene rings is 1. The van der Waals surface area contributed by atoms with Crippen LogP contribution in [-0.2, 0) is 16.1 Å². The van der Waals surface area contributed by atoms with Crippen LogP contribution in [0.5, 0.6) is 0 Å². The van der Waals surface area contributed by atoms with E-state index in [-0.39, 0.29) is 16.6 Å². The first-order valence-corrected chi connectivity index (χ1v) is 7.20. The topological polar surface area (TPSA) is 77.4 Å². The number of hydrogen-bond donors (Lipinski definition) is 1. The van der Waals surface area contributed by atoms with Crippen molar-refractivity contribution in [1.29, 1.82) is 0 Å². The number of nitrogens with zero attached hydrogens (tertiary/aromatic N) is 1. The van der Waals surface area contributed by atoms with Gasteiger partial charge in [-0.1, -0.05) is 23.2 Å². The Bertz CT molecular complexity index is 800. The summed E-state index contributed by atoms with van der Waals surface area (Å²) in [5.74, 6) is -0.903. The molecule has 0 saturated heterocycles. The van der Waals surface area contributed by atoms with Gasteiger partial charge >= 0.3 is 5.97 Å². The summed E-state index contributed by atoms with van der Waals surface area (Å²) in [6.45, 7) is -0.238. The lowest BCUT2D eigenvalue weighted by Gasteiger charge is -2.08. The van der Waals surface area contributed by atoms with Crippen molar-refractivity contribution in [3.63, 3.8) is 0 Å². The van der Waals surface area contributed by atoms with Crippen molar-refractivity contribution in [1.82, 2.24) is 4.57 Å². The smallest absolute Gasteiger partial charge is 0.337 e. The molecule has 0 fully saturated rings. The molecular formula is C15H12Cl2N2O4. The van der Waals surface area contributed by atoms with Crippen LogP contribution in [0, 0.1) is 0 Å². The number of nitrogens with one attached hydrogen (secondary N) is 1. The van der Waals surface area contributed by atoms with E-state index in [1.54, 1.807) is 12.1 Å². The lowest BCUT2D eigenvalue weighted by molar-refractivity contribution is -0.116. The maximum atomic E-state index is 12.0. The van der Waals surface area contributed by atoms with E-state index in [0.29, 0.717) is 11.3 Å². The molecule has 0 saturated carbocycles. The van der Waals surface area contributed by atoms with Gasteiger partial charge < -0.3 is 14.6 Å². The molecule has 0 atom stereocenters. The molecule has 1 heterocycles. The average Bonchev–Trinajstić information content (AvgIpc) is 2.52. The predicted octanol–water partition coefficient (Wildman–Crippen LogP) is 2.58. The van der Waals surface area contributed by atoms with Gasteiger partial charge in [0.15, 0.2) is 0 Å². The second kappa shape index (κ2) is 7.30. The van der Waals surface area contributed by atoms with Gasteiger partial charge in [0.25, 0.3) is 5.56 Å². The molecule has 120 valence electrons. The Kier molecular flexibility index (Phi) is 5.41. The summed E-state index contributed by atoms with van der Waals surface area (Å²) in [6.07, 6.45) is 1.33. The number of carbonyl (C=O) groups is 2. The van der Waals surface area contributed by atoms with Crippen LogP contribution < -0.4 is 10.9 Å². The Hall–Kier alpha value is -2.31. The maximum absolute atomic E-state index is 12.0. The standard InChI is InChI=1S/C15H12Cl2N2O4/c1-23-15(22)9-2-4-11(5-3-9)18-13(20)8-19-7-10(16)6-12(17)14(19)21/h2-7H,8H2,1H3,(H,18,20). The number of esters is 1. The molecule has 23 heavy (non-hydrogen) atoms. The third kappa shape index (κ3) is 4.34. The number of halogens is 2. The molecule has 2 aromatic rings. The molecule has 2 rings (SSSR count). The molecule has 6 nitrogen and oxygen atoms in total. The van der Waals surface area contributed by atoms with Crippen molar-refractivity contribution in [2.75, 3.05) is 12.4 Å². The van der Waals surface area contributed by atoms with Crippen molar-refractivity contribution in [3.8, 4) is 0 Å². The van der Waals surface area contributed by atoms with Gasteiger partial charge in [-0.2, -0.15) is 0 Å². The monoisotopic (exact) mass is 354 g/mol. The van der Waals surface area contributed by atoms with E-state index in [9.17, 15) is 14.4 Å². The summed E-state index contributed by atoms with van der Waals surface area (Å²) in [4.78, 5) is 35.1. The van der Waals surface area contributed by atoms with E-state index < -0.39 is 17.4 Å². The van der Waals surface area contributed by atoms with Crippen LogP contribution in [0.1, 0.15) is 10.4 Å². The molecule has 8 heteroatoms. The van der Waals surface area contributed by atoms with E-state index in [1.165, 1.54) is 31.5 Å². The minimum absolute atomic E-state index is 0.0623. The van der Waals surface area contributed by atoms with Gasteiger partial charge in [0, 0.05) is 11.9 Å². The number of pyridine rings is 1. The van der Waals surface area contributed by atoms with Crippen LogP contribution in [-0.4, -0.2) is 23.6 Å². The largest absolute Gasteiger partial charge is 0.465 e. The molecule has 0 radical (unpaired) electrons. The van der Waals surface area contributed by atoms with Crippen molar-refractivity contribution < 1.29 is 14.3 Å². The Balaban J connectivity index is 2.08. The zero-order valence-corrected chi connectivity index (χ0v) is 13.5. The molecule has 0 aliphatic heterocycles. The highest BCUT2D eigenvalue weighted by molar-refractivity contribution is 6.34. The molecule has 1 amide bonds. The lowest BCUT2D eigenvalue weighted by atomic mass is 10.2. The van der Waals surface area contributed by atoms with Crippen molar-refractivity contribution >= 4 is 40.8 Å². The van der Waals surface area contributed by atoms with E-state index in [4.69, 9.17) is 23.2 Å². The number of methoxy groups -OCH3 is 1. The van der Waals surface area contributed by atoms with Crippen molar-refractivity contribution in [3.05, 3.63) is 62.5 Å². The van der Waals surface area contributed by atoms with Crippen LogP contribution in [0.15, 0.2) is 41.3 Å². The summed E-state index contributed by atoms with van der Waals surface area (Å²) in [7, 11) is 1.28. The van der Waals surface area contributed by atoms with Gasteiger partial charge in [-0.05, 0) is 30.3 Å². The Morgan fingerprint density at radius 3 is 2.48 bits per heavy atom. The fourth-order valence-corrected chi connectivity index (χ4v) is 2.35. The summed E-state index contributed by atoms with van der Waals surface area (Å²) >= 11 is 11.5. The SMILES string of the molecule is COC(=O)c1ccc(NC(=O)Cn2cc(Cl)cc(Cl)c2=O)cc1. The van der Waals surface area contributed by atoms with Crippen LogP contribution in [0.25, 0.3) is 0 Å². The zero-order valence-electron chi connectivity index (χ0n) is 12.0. The molecule has 1 aromatic carbocycles. The summed E-state index contributed by atoms with van der Waals surface area (Å²) in [6, 6.07) is 7.45. The zero-order chi connectivity index (χ0) is 17.0. The molecule has 0 spiro atoms. The number of hydrogen-bond acceptors (Lipinski definition) is 4. The molecule has 0 unspecified atom stereocenters. The number of anilines is 1. The number of carbonyl (C=O) groups excluding carboxylic acids is 2. The highest BCUT2D eigenvalue weighted by Gasteiger charge is 2.10. The second-order valence-corrected chi connectivity index (χ2v) is 5.40. The van der Waals surface area contributed by atoms with E-state index in [0.717, 1.165) is 4.57 Å². The van der Waals surface area contributed by atoms with Gasteiger partial charge in [-0.25, -0.2) is 4.79 Å². The maximum Gasteiger partial charge on any atom is 0.337 e. The number of rotatable bonds is 4. The molecule has 0 aliphatic rings. The normalized spacial score (nSPS) is 10.2. The minimum Gasteiger partial charge on any atom is -0.465 e. The van der Waals surface area contributed by atoms with Crippen molar-refractivity contribution in [2.45, 2.75) is 6.54 Å². The first kappa shape index (κ1) is 17.1. The number of ether oxygens (including phenoxy) is 1. The van der Waals surface area contributed by atoms with Gasteiger partial charge in [0.2, 0.25) is 5.91 Å². The molecule has 0 aliphatic carbocycles. The Morgan fingerprint density at radius 1 is 1.22 bits per heavy atom. The summed E-state index contributed by atoms with van der Waals surface area (Å²) in [5, 5.41) is 2.80. The van der Waals surface area contributed by atoms with E-state index in [2.05, 4.69) is 10.1 Å². The van der Waals surface area contributed by atoms with Crippen molar-refractivity contribution in [2.24, 2.45) is 0 Å². The minimum atomic E-state index is -0.507. The lowest BCUT2D eigenvalue weighted by Crippen LogP contribution is -2.27. The van der Waals surface area contributed by atoms with E-state index in [1.807, 2.05) is 0 Å². The van der Waals surface area contributed by atoms with Gasteiger partial charge in [0.05, 0.1) is 17.7 Å². The Labute approximate surface area is 141 Å². The van der Waals surface area contributed by atoms with Gasteiger partial charge in [-0.15, -0.1) is 0 Å². The second-order valence-electron chi connectivity index (χ2n) is 4.56. The number of aromatic nitrogens is 1. The fourth-order valence-electron chi connectivity index (χ4n) is 1.84. The van der Waals surface area contributed by atoms with E-state index >= 15 is 0 Å².